The van der Waals surface area contributed by atoms with Gasteiger partial charge in [0.15, 0.2) is 0 Å². The Labute approximate surface area is 177 Å². The lowest BCUT2D eigenvalue weighted by molar-refractivity contribution is -0.114. The fourth-order valence-electron chi connectivity index (χ4n) is 2.96. The number of rotatable bonds is 9. The quantitative estimate of drug-likeness (QED) is 0.568. The molecule has 0 aliphatic carbocycles. The van der Waals surface area contributed by atoms with E-state index in [1.807, 2.05) is 44.4 Å². The van der Waals surface area contributed by atoms with Crippen LogP contribution in [-0.2, 0) is 14.8 Å². The Morgan fingerprint density at radius 1 is 1.14 bits per heavy atom. The molecule has 0 saturated heterocycles. The minimum atomic E-state index is -3.79. The van der Waals surface area contributed by atoms with Crippen LogP contribution in [0, 0.1) is 5.92 Å². The van der Waals surface area contributed by atoms with E-state index in [9.17, 15) is 13.2 Å². The first kappa shape index (κ1) is 23.3. The van der Waals surface area contributed by atoms with Crippen LogP contribution in [0.25, 0.3) is 0 Å². The summed E-state index contributed by atoms with van der Waals surface area (Å²) in [4.78, 5) is 12.4. The number of sulfonamides is 1. The van der Waals surface area contributed by atoms with Crippen LogP contribution in [0.15, 0.2) is 52.3 Å². The number of amides is 1. The van der Waals surface area contributed by atoms with E-state index < -0.39 is 10.0 Å². The molecule has 0 saturated carbocycles. The Hall–Kier alpha value is -2.03. The van der Waals surface area contributed by atoms with Gasteiger partial charge in [0.05, 0.1) is 17.7 Å². The molecule has 0 radical (unpaired) electrons. The lowest BCUT2D eigenvalue weighted by Crippen LogP contribution is -2.29. The maximum Gasteiger partial charge on any atom is 0.241 e. The molecule has 2 rings (SSSR count). The van der Waals surface area contributed by atoms with E-state index in [2.05, 4.69) is 10.0 Å². The zero-order valence-electron chi connectivity index (χ0n) is 17.4. The average Bonchev–Trinajstić information content (AvgIpc) is 2.66. The fraction of sp³-hybridized carbons (Fsp3) is 0.381. The molecule has 0 bridgehead atoms. The molecule has 1 amide bonds. The van der Waals surface area contributed by atoms with Gasteiger partial charge in [0.2, 0.25) is 15.9 Å². The first-order valence-corrected chi connectivity index (χ1v) is 12.0. The van der Waals surface area contributed by atoms with Gasteiger partial charge in [-0.1, -0.05) is 26.0 Å². The Morgan fingerprint density at radius 2 is 1.79 bits per heavy atom. The summed E-state index contributed by atoms with van der Waals surface area (Å²) in [5, 5.41) is 2.70. The van der Waals surface area contributed by atoms with E-state index in [1.54, 1.807) is 19.2 Å². The van der Waals surface area contributed by atoms with Gasteiger partial charge >= 0.3 is 0 Å². The van der Waals surface area contributed by atoms with E-state index in [0.29, 0.717) is 23.8 Å². The fourth-order valence-corrected chi connectivity index (χ4v) is 4.75. The van der Waals surface area contributed by atoms with Crippen molar-refractivity contribution in [1.82, 2.24) is 4.72 Å². The molecule has 2 N–H and O–H groups in total. The number of carbonyl (C=O) groups excluding carboxylic acids is 1. The van der Waals surface area contributed by atoms with Crippen LogP contribution in [-0.4, -0.2) is 27.7 Å². The molecule has 0 aromatic heterocycles. The third-order valence-electron chi connectivity index (χ3n) is 4.31. The van der Waals surface area contributed by atoms with Crippen LogP contribution in [0.1, 0.15) is 38.8 Å². The molecule has 8 heteroatoms. The van der Waals surface area contributed by atoms with Crippen LogP contribution >= 0.6 is 11.8 Å². The van der Waals surface area contributed by atoms with Gasteiger partial charge in [0, 0.05) is 17.9 Å². The summed E-state index contributed by atoms with van der Waals surface area (Å²) < 4.78 is 34.2. The van der Waals surface area contributed by atoms with Crippen molar-refractivity contribution in [3.63, 3.8) is 0 Å². The maximum absolute atomic E-state index is 13.1. The van der Waals surface area contributed by atoms with Crippen LogP contribution in [0.2, 0.25) is 0 Å². The van der Waals surface area contributed by atoms with E-state index in [1.165, 1.54) is 24.8 Å². The highest BCUT2D eigenvalue weighted by molar-refractivity contribution is 7.98. The molecular weight excluding hydrogens is 408 g/mol. The van der Waals surface area contributed by atoms with Crippen LogP contribution in [0.5, 0.6) is 5.75 Å². The Bertz CT molecular complexity index is 942. The maximum atomic E-state index is 13.1. The summed E-state index contributed by atoms with van der Waals surface area (Å²) in [7, 11) is -2.20. The van der Waals surface area contributed by atoms with Crippen molar-refractivity contribution in [2.45, 2.75) is 43.0 Å². The Morgan fingerprint density at radius 3 is 2.31 bits per heavy atom. The monoisotopic (exact) mass is 436 g/mol. The van der Waals surface area contributed by atoms with Gasteiger partial charge in [-0.3, -0.25) is 4.79 Å². The van der Waals surface area contributed by atoms with E-state index in [4.69, 9.17) is 4.74 Å². The average molecular weight is 437 g/mol. The van der Waals surface area contributed by atoms with Gasteiger partial charge in [-0.25, -0.2) is 13.1 Å². The predicted molar refractivity (Wildman–Crippen MR) is 118 cm³/mol. The molecule has 1 atom stereocenters. The number of thioether (sulfide) groups is 1. The summed E-state index contributed by atoms with van der Waals surface area (Å²) >= 11 is 1.44. The minimum Gasteiger partial charge on any atom is -0.497 e. The summed E-state index contributed by atoms with van der Waals surface area (Å²) in [6, 6.07) is 11.8. The molecule has 0 fully saturated rings. The SMILES string of the molecule is COc1ccc([C@@H](CC(C)C)NS(=O)(=O)c2ccc(SC)c(NC(C)=O)c2)cc1. The second-order valence-corrected chi connectivity index (χ2v) is 9.68. The van der Waals surface area contributed by atoms with Gasteiger partial charge in [-0.2, -0.15) is 0 Å². The first-order valence-electron chi connectivity index (χ1n) is 9.28. The first-order chi connectivity index (χ1) is 13.7. The lowest BCUT2D eigenvalue weighted by Gasteiger charge is -2.22. The summed E-state index contributed by atoms with van der Waals surface area (Å²) in [6.07, 6.45) is 2.52. The number of hydrogen-bond donors (Lipinski definition) is 2. The summed E-state index contributed by atoms with van der Waals surface area (Å²) in [6.45, 7) is 5.49. The van der Waals surface area contributed by atoms with Gasteiger partial charge in [-0.15, -0.1) is 11.8 Å². The molecule has 0 heterocycles. The summed E-state index contributed by atoms with van der Waals surface area (Å²) in [5.41, 5.74) is 1.35. The van der Waals surface area contributed by atoms with Crippen molar-refractivity contribution in [2.24, 2.45) is 5.92 Å². The van der Waals surface area contributed by atoms with Crippen molar-refractivity contribution in [3.8, 4) is 5.75 Å². The number of methoxy groups -OCH3 is 1. The zero-order chi connectivity index (χ0) is 21.6. The highest BCUT2D eigenvalue weighted by atomic mass is 32.2. The Balaban J connectivity index is 2.37. The van der Waals surface area contributed by atoms with Crippen LogP contribution in [0.3, 0.4) is 0 Å². The number of hydrogen-bond acceptors (Lipinski definition) is 5. The standard InChI is InChI=1S/C21H28N2O4S2/c1-14(2)12-19(16-6-8-17(27-4)9-7-16)23-29(25,26)18-10-11-21(28-5)20(13-18)22-15(3)24/h6-11,13-14,19,23H,12H2,1-5H3,(H,22,24)/t19-/m1/s1. The lowest BCUT2D eigenvalue weighted by atomic mass is 9.98. The van der Waals surface area contributed by atoms with Gasteiger partial charge in [0.1, 0.15) is 5.75 Å². The summed E-state index contributed by atoms with van der Waals surface area (Å²) in [5.74, 6) is 0.754. The molecule has 0 aliphatic rings. The topological polar surface area (TPSA) is 84.5 Å². The molecular formula is C21H28N2O4S2. The third-order valence-corrected chi connectivity index (χ3v) is 6.58. The molecule has 158 valence electrons. The van der Waals surface area contributed by atoms with E-state index in [0.717, 1.165) is 10.5 Å². The number of nitrogens with one attached hydrogen (secondary N) is 2. The molecule has 0 aliphatic heterocycles. The van der Waals surface area contributed by atoms with Crippen molar-refractivity contribution in [2.75, 3.05) is 18.7 Å². The zero-order valence-corrected chi connectivity index (χ0v) is 19.0. The second kappa shape index (κ2) is 10.1. The van der Waals surface area contributed by atoms with Crippen molar-refractivity contribution in [1.29, 1.82) is 0 Å². The van der Waals surface area contributed by atoms with Crippen molar-refractivity contribution < 1.29 is 17.9 Å². The molecule has 29 heavy (non-hydrogen) atoms. The molecule has 2 aromatic rings. The van der Waals surface area contributed by atoms with Crippen LogP contribution in [0.4, 0.5) is 5.69 Å². The molecule has 0 spiro atoms. The van der Waals surface area contributed by atoms with E-state index >= 15 is 0 Å². The normalized spacial score (nSPS) is 12.6. The highest BCUT2D eigenvalue weighted by Gasteiger charge is 2.23. The third kappa shape index (κ3) is 6.48. The van der Waals surface area contributed by atoms with Crippen LogP contribution < -0.4 is 14.8 Å². The van der Waals surface area contributed by atoms with Gasteiger partial charge < -0.3 is 10.1 Å². The number of benzene rings is 2. The molecule has 0 unspecified atom stereocenters. The van der Waals surface area contributed by atoms with E-state index in [-0.39, 0.29) is 16.8 Å². The van der Waals surface area contributed by atoms with Crippen molar-refractivity contribution in [3.05, 3.63) is 48.0 Å². The smallest absolute Gasteiger partial charge is 0.241 e. The second-order valence-electron chi connectivity index (χ2n) is 7.12. The largest absolute Gasteiger partial charge is 0.497 e. The molecule has 2 aromatic carbocycles. The van der Waals surface area contributed by atoms with Crippen molar-refractivity contribution >= 4 is 33.4 Å². The van der Waals surface area contributed by atoms with Gasteiger partial charge in [-0.05, 0) is 54.5 Å². The Kier molecular flexibility index (Phi) is 8.13. The highest BCUT2D eigenvalue weighted by Crippen LogP contribution is 2.30. The minimum absolute atomic E-state index is 0.112. The number of anilines is 1. The van der Waals surface area contributed by atoms with Gasteiger partial charge in [0.25, 0.3) is 0 Å². The number of ether oxygens (including phenoxy) is 1. The number of carbonyl (C=O) groups is 1. The molecule has 6 nitrogen and oxygen atoms in total. The predicted octanol–water partition coefficient (Wildman–Crippen LogP) is 4.44.